The van der Waals surface area contributed by atoms with Gasteiger partial charge in [-0.2, -0.15) is 0 Å². The Kier molecular flexibility index (Phi) is 4.01. The van der Waals surface area contributed by atoms with E-state index in [0.717, 1.165) is 5.56 Å². The zero-order valence-electron chi connectivity index (χ0n) is 10.5. The molecular formula is C13H15NO5. The van der Waals surface area contributed by atoms with Crippen molar-refractivity contribution in [2.24, 2.45) is 0 Å². The highest BCUT2D eigenvalue weighted by atomic mass is 16.5. The topological polar surface area (TPSA) is 84.9 Å². The fourth-order valence-electron chi connectivity index (χ4n) is 1.85. The second kappa shape index (κ2) is 5.71. The van der Waals surface area contributed by atoms with Crippen molar-refractivity contribution in [2.75, 3.05) is 19.0 Å². The van der Waals surface area contributed by atoms with Gasteiger partial charge < -0.3 is 19.9 Å². The van der Waals surface area contributed by atoms with Crippen LogP contribution in [0.2, 0.25) is 0 Å². The van der Waals surface area contributed by atoms with E-state index in [1.807, 2.05) is 0 Å². The summed E-state index contributed by atoms with van der Waals surface area (Å²) in [4.78, 5) is 22.9. The summed E-state index contributed by atoms with van der Waals surface area (Å²) < 4.78 is 10.1. The molecule has 102 valence electrons. The number of esters is 1. The van der Waals surface area contributed by atoms with E-state index >= 15 is 0 Å². The average Bonchev–Trinajstić information content (AvgIpc) is 2.40. The Morgan fingerprint density at radius 3 is 3.00 bits per heavy atom. The van der Waals surface area contributed by atoms with Crippen molar-refractivity contribution < 1.29 is 24.2 Å². The molecule has 0 aliphatic carbocycles. The molecule has 1 aromatic rings. The van der Waals surface area contributed by atoms with E-state index in [4.69, 9.17) is 9.84 Å². The maximum atomic E-state index is 11.7. The second-order valence-corrected chi connectivity index (χ2v) is 4.19. The van der Waals surface area contributed by atoms with Crippen molar-refractivity contribution in [3.05, 3.63) is 23.8 Å². The summed E-state index contributed by atoms with van der Waals surface area (Å²) in [5.41, 5.74) is 1.26. The minimum absolute atomic E-state index is 0.117. The van der Waals surface area contributed by atoms with Crippen LogP contribution in [-0.2, 0) is 20.7 Å². The van der Waals surface area contributed by atoms with Gasteiger partial charge in [0, 0.05) is 13.0 Å². The van der Waals surface area contributed by atoms with Gasteiger partial charge in [-0.1, -0.05) is 6.07 Å². The number of amides is 1. The maximum Gasteiger partial charge on any atom is 0.309 e. The van der Waals surface area contributed by atoms with Gasteiger partial charge in [-0.3, -0.25) is 9.59 Å². The lowest BCUT2D eigenvalue weighted by molar-refractivity contribution is -0.139. The van der Waals surface area contributed by atoms with Crippen molar-refractivity contribution in [1.29, 1.82) is 0 Å². The zero-order valence-corrected chi connectivity index (χ0v) is 10.5. The first-order valence-electron chi connectivity index (χ1n) is 5.92. The molecule has 2 rings (SSSR count). The lowest BCUT2D eigenvalue weighted by atomic mass is 10.1. The molecule has 1 aliphatic rings. The van der Waals surface area contributed by atoms with Crippen molar-refractivity contribution in [3.63, 3.8) is 0 Å². The Morgan fingerprint density at radius 2 is 2.32 bits per heavy atom. The van der Waals surface area contributed by atoms with Gasteiger partial charge in [-0.15, -0.1) is 0 Å². The average molecular weight is 265 g/mol. The van der Waals surface area contributed by atoms with Crippen LogP contribution >= 0.6 is 0 Å². The highest BCUT2D eigenvalue weighted by Gasteiger charge is 2.27. The third-order valence-electron chi connectivity index (χ3n) is 2.83. The highest BCUT2D eigenvalue weighted by Crippen LogP contribution is 2.31. The Morgan fingerprint density at radius 1 is 1.53 bits per heavy atom. The number of ether oxygens (including phenoxy) is 2. The number of carbonyl (C=O) groups is 2. The summed E-state index contributed by atoms with van der Waals surface area (Å²) in [6.45, 7) is -0.117. The largest absolute Gasteiger partial charge is 0.478 e. The number of fused-ring (bicyclic) bond motifs is 1. The normalized spacial score (nSPS) is 17.2. The predicted molar refractivity (Wildman–Crippen MR) is 66.9 cm³/mol. The second-order valence-electron chi connectivity index (χ2n) is 4.19. The summed E-state index contributed by atoms with van der Waals surface area (Å²) >= 11 is 0. The van der Waals surface area contributed by atoms with Gasteiger partial charge >= 0.3 is 5.97 Å². The van der Waals surface area contributed by atoms with Gasteiger partial charge in [0.05, 0.1) is 19.2 Å². The first-order chi connectivity index (χ1) is 9.13. The molecule has 1 heterocycles. The molecule has 0 aromatic heterocycles. The van der Waals surface area contributed by atoms with Gasteiger partial charge in [-0.05, 0) is 17.7 Å². The monoisotopic (exact) mass is 265 g/mol. The molecule has 0 radical (unpaired) electrons. The number of rotatable bonds is 4. The zero-order chi connectivity index (χ0) is 13.8. The van der Waals surface area contributed by atoms with Crippen LogP contribution in [0.1, 0.15) is 12.0 Å². The Labute approximate surface area is 110 Å². The number of anilines is 1. The Bertz CT molecular complexity index is 500. The molecule has 1 amide bonds. The molecule has 0 saturated heterocycles. The third-order valence-corrected chi connectivity index (χ3v) is 2.83. The summed E-state index contributed by atoms with van der Waals surface area (Å²) in [6, 6.07) is 5.11. The quantitative estimate of drug-likeness (QED) is 0.774. The molecule has 1 aromatic carbocycles. The van der Waals surface area contributed by atoms with Gasteiger partial charge in [0.25, 0.3) is 5.91 Å². The van der Waals surface area contributed by atoms with Crippen molar-refractivity contribution in [2.45, 2.75) is 18.9 Å². The van der Waals surface area contributed by atoms with Crippen LogP contribution < -0.4 is 10.1 Å². The SMILES string of the molecule is COC(=O)Cc1ccc2c(c1)NC(=O)[C@@H](CCO)O2. The molecule has 1 atom stereocenters. The van der Waals surface area contributed by atoms with E-state index in [1.54, 1.807) is 18.2 Å². The molecule has 0 fully saturated rings. The van der Waals surface area contributed by atoms with Crippen LogP contribution in [0.5, 0.6) is 5.75 Å². The van der Waals surface area contributed by atoms with E-state index in [0.29, 0.717) is 11.4 Å². The number of hydrogen-bond donors (Lipinski definition) is 2. The van der Waals surface area contributed by atoms with Crippen molar-refractivity contribution >= 4 is 17.6 Å². The van der Waals surface area contributed by atoms with Crippen molar-refractivity contribution in [1.82, 2.24) is 0 Å². The standard InChI is InChI=1S/C13H15NO5/c1-18-12(16)7-8-2-3-10-9(6-8)14-13(17)11(19-10)4-5-15/h2-3,6,11,15H,4-5,7H2,1H3,(H,14,17)/t11-/m1/s1. The minimum Gasteiger partial charge on any atom is -0.478 e. The van der Waals surface area contributed by atoms with Crippen molar-refractivity contribution in [3.8, 4) is 5.75 Å². The Hall–Kier alpha value is -2.08. The fourth-order valence-corrected chi connectivity index (χ4v) is 1.85. The number of methoxy groups -OCH3 is 1. The van der Waals surface area contributed by atoms with Gasteiger partial charge in [0.1, 0.15) is 5.75 Å². The van der Waals surface area contributed by atoms with Crippen LogP contribution in [-0.4, -0.2) is 36.8 Å². The van der Waals surface area contributed by atoms with Crippen LogP contribution in [0.15, 0.2) is 18.2 Å². The van der Waals surface area contributed by atoms with Crippen LogP contribution in [0.3, 0.4) is 0 Å². The highest BCUT2D eigenvalue weighted by molar-refractivity contribution is 5.97. The molecule has 2 N–H and O–H groups in total. The third kappa shape index (κ3) is 3.03. The lowest BCUT2D eigenvalue weighted by Gasteiger charge is -2.25. The number of benzene rings is 1. The fraction of sp³-hybridized carbons (Fsp3) is 0.385. The lowest BCUT2D eigenvalue weighted by Crippen LogP contribution is -2.37. The van der Waals surface area contributed by atoms with E-state index in [2.05, 4.69) is 10.1 Å². The predicted octanol–water partition coefficient (Wildman–Crippen LogP) is 0.484. The van der Waals surface area contributed by atoms with Gasteiger partial charge in [-0.25, -0.2) is 0 Å². The minimum atomic E-state index is -0.677. The molecule has 0 unspecified atom stereocenters. The van der Waals surface area contributed by atoms with Crippen LogP contribution in [0.25, 0.3) is 0 Å². The number of hydrogen-bond acceptors (Lipinski definition) is 5. The molecule has 0 bridgehead atoms. The van der Waals surface area contributed by atoms with Gasteiger partial charge in [0.2, 0.25) is 0 Å². The molecule has 1 aliphatic heterocycles. The molecule has 0 saturated carbocycles. The summed E-state index contributed by atoms with van der Waals surface area (Å²) in [6.07, 6.45) is -0.293. The number of nitrogens with one attached hydrogen (secondary N) is 1. The molecule has 6 heteroatoms. The maximum absolute atomic E-state index is 11.7. The van der Waals surface area contributed by atoms with Gasteiger partial charge in [0.15, 0.2) is 6.10 Å². The first-order valence-corrected chi connectivity index (χ1v) is 5.92. The summed E-state index contributed by atoms with van der Waals surface area (Å²) in [7, 11) is 1.32. The van der Waals surface area contributed by atoms with Crippen LogP contribution in [0, 0.1) is 0 Å². The van der Waals surface area contributed by atoms with E-state index in [1.165, 1.54) is 7.11 Å². The summed E-state index contributed by atoms with van der Waals surface area (Å²) in [5.74, 6) is -0.107. The number of carbonyl (C=O) groups excluding carboxylic acids is 2. The smallest absolute Gasteiger partial charge is 0.309 e. The first kappa shape index (κ1) is 13.4. The summed E-state index contributed by atoms with van der Waals surface area (Å²) in [5, 5.41) is 11.5. The molecule has 19 heavy (non-hydrogen) atoms. The molecule has 0 spiro atoms. The molecule has 6 nitrogen and oxygen atoms in total. The number of aliphatic hydroxyl groups excluding tert-OH is 1. The van der Waals surface area contributed by atoms with E-state index < -0.39 is 6.10 Å². The molecular weight excluding hydrogens is 250 g/mol. The van der Waals surface area contributed by atoms with E-state index in [9.17, 15) is 9.59 Å². The number of aliphatic hydroxyl groups is 1. The Balaban J connectivity index is 2.16. The van der Waals surface area contributed by atoms with Crippen LogP contribution in [0.4, 0.5) is 5.69 Å². The van der Waals surface area contributed by atoms with E-state index in [-0.39, 0.29) is 31.3 Å².